The SMILES string of the molecule is [CH2+]C1(C)OB(c2ccc3c(c2)-c2ccc4c5ccccc5c5ccccc5c4c2C3(C)C)OC1(C)C. The second-order valence-corrected chi connectivity index (χ2v) is 11.7. The molecule has 0 saturated carbocycles. The Hall–Kier alpha value is -3.27. The van der Waals surface area contributed by atoms with E-state index in [1.165, 1.54) is 54.6 Å². The maximum absolute atomic E-state index is 6.34. The molecule has 1 saturated heterocycles. The van der Waals surface area contributed by atoms with E-state index in [1.54, 1.807) is 0 Å². The highest BCUT2D eigenvalue weighted by atomic mass is 16.7. The standard InChI is InChI=1S/C33H30BO2/c1-31(2)28-18-15-20(34-35-32(3,4)33(5,6)36-34)19-27(28)26-17-16-25-23-13-8-7-11-21(23)22-12-9-10-14-24(22)29(25)30(26)31/h7-19H,3H2,1-2,4-6H3/q+1. The monoisotopic (exact) mass is 469 g/mol. The van der Waals surface area contributed by atoms with E-state index < -0.39 is 18.3 Å². The Balaban J connectivity index is 1.51. The van der Waals surface area contributed by atoms with Gasteiger partial charge in [-0.1, -0.05) is 92.7 Å². The Morgan fingerprint density at radius 3 is 1.83 bits per heavy atom. The van der Waals surface area contributed by atoms with Crippen molar-refractivity contribution in [3.05, 3.63) is 96.9 Å². The molecule has 36 heavy (non-hydrogen) atoms. The first-order valence-corrected chi connectivity index (χ1v) is 12.8. The van der Waals surface area contributed by atoms with Gasteiger partial charge in [-0.05, 0) is 73.9 Å². The lowest BCUT2D eigenvalue weighted by molar-refractivity contribution is 0.0262. The fourth-order valence-electron chi connectivity index (χ4n) is 6.41. The predicted molar refractivity (Wildman–Crippen MR) is 152 cm³/mol. The van der Waals surface area contributed by atoms with Gasteiger partial charge in [-0.25, -0.2) is 0 Å². The lowest BCUT2D eigenvalue weighted by Crippen LogP contribution is -2.42. The smallest absolute Gasteiger partial charge is 0.395 e. The third kappa shape index (κ3) is 2.73. The second-order valence-electron chi connectivity index (χ2n) is 11.7. The number of fused-ring (bicyclic) bond motifs is 10. The predicted octanol–water partition coefficient (Wildman–Crippen LogP) is 7.57. The summed E-state index contributed by atoms with van der Waals surface area (Å²) in [6.45, 7) is 15.1. The van der Waals surface area contributed by atoms with Crippen molar-refractivity contribution in [2.45, 2.75) is 51.2 Å². The topological polar surface area (TPSA) is 18.5 Å². The Morgan fingerprint density at radius 1 is 0.639 bits per heavy atom. The molecule has 0 radical (unpaired) electrons. The van der Waals surface area contributed by atoms with Gasteiger partial charge in [0.1, 0.15) is 5.60 Å². The van der Waals surface area contributed by atoms with Crippen LogP contribution < -0.4 is 5.46 Å². The minimum Gasteiger partial charge on any atom is -0.395 e. The third-order valence-electron chi connectivity index (χ3n) is 8.86. The lowest BCUT2D eigenvalue weighted by atomic mass is 9.75. The number of benzene rings is 5. The molecule has 0 amide bonds. The fraction of sp³-hybridized carbons (Fsp3) is 0.242. The van der Waals surface area contributed by atoms with Crippen molar-refractivity contribution in [2.24, 2.45) is 0 Å². The van der Waals surface area contributed by atoms with Gasteiger partial charge in [0.25, 0.3) is 0 Å². The molecular weight excluding hydrogens is 439 g/mol. The Kier molecular flexibility index (Phi) is 4.23. The van der Waals surface area contributed by atoms with E-state index in [1.807, 2.05) is 20.8 Å². The van der Waals surface area contributed by atoms with E-state index in [9.17, 15) is 0 Å². The van der Waals surface area contributed by atoms with Gasteiger partial charge in [0.2, 0.25) is 5.60 Å². The van der Waals surface area contributed by atoms with E-state index in [0.29, 0.717) is 0 Å². The molecule has 2 nitrogen and oxygen atoms in total. The zero-order valence-corrected chi connectivity index (χ0v) is 21.6. The minimum atomic E-state index is -0.607. The molecule has 2 aliphatic rings. The number of hydrogen-bond acceptors (Lipinski definition) is 2. The summed E-state index contributed by atoms with van der Waals surface area (Å²) >= 11 is 0. The highest BCUT2D eigenvalue weighted by molar-refractivity contribution is 6.62. The Morgan fingerprint density at radius 2 is 1.22 bits per heavy atom. The summed E-state index contributed by atoms with van der Waals surface area (Å²) in [4.78, 5) is 0. The molecule has 3 heteroatoms. The molecule has 1 unspecified atom stereocenters. The molecule has 1 atom stereocenters. The van der Waals surface area contributed by atoms with E-state index in [4.69, 9.17) is 9.31 Å². The van der Waals surface area contributed by atoms with Crippen LogP contribution in [0.4, 0.5) is 0 Å². The van der Waals surface area contributed by atoms with Crippen LogP contribution in [0.25, 0.3) is 43.4 Å². The first-order chi connectivity index (χ1) is 17.1. The molecule has 5 aromatic rings. The van der Waals surface area contributed by atoms with Crippen LogP contribution in [0.15, 0.2) is 78.9 Å². The first kappa shape index (κ1) is 22.0. The molecule has 1 heterocycles. The third-order valence-corrected chi connectivity index (χ3v) is 8.86. The molecular formula is C33H30BO2+. The number of hydrogen-bond donors (Lipinski definition) is 0. The van der Waals surface area contributed by atoms with Crippen LogP contribution in [0, 0.1) is 6.92 Å². The minimum absolute atomic E-state index is 0.134. The van der Waals surface area contributed by atoms with Gasteiger partial charge in [0.05, 0.1) is 6.92 Å². The highest BCUT2D eigenvalue weighted by Gasteiger charge is 2.57. The highest BCUT2D eigenvalue weighted by Crippen LogP contribution is 2.53. The van der Waals surface area contributed by atoms with Crippen molar-refractivity contribution in [3.8, 4) is 11.1 Å². The summed E-state index contributed by atoms with van der Waals surface area (Å²) < 4.78 is 12.6. The van der Waals surface area contributed by atoms with Crippen molar-refractivity contribution in [2.75, 3.05) is 0 Å². The zero-order chi connectivity index (χ0) is 25.0. The normalized spacial score (nSPS) is 21.9. The fourth-order valence-corrected chi connectivity index (χ4v) is 6.41. The maximum Gasteiger partial charge on any atom is 0.498 e. The largest absolute Gasteiger partial charge is 0.498 e. The van der Waals surface area contributed by atoms with Crippen molar-refractivity contribution in [3.63, 3.8) is 0 Å². The molecule has 5 aromatic carbocycles. The van der Waals surface area contributed by atoms with Crippen molar-refractivity contribution in [1.82, 2.24) is 0 Å². The molecule has 7 rings (SSSR count). The van der Waals surface area contributed by atoms with E-state index >= 15 is 0 Å². The van der Waals surface area contributed by atoms with E-state index in [-0.39, 0.29) is 5.41 Å². The number of rotatable bonds is 1. The van der Waals surface area contributed by atoms with Gasteiger partial charge in [0.15, 0.2) is 0 Å². The summed E-state index contributed by atoms with van der Waals surface area (Å²) in [5.74, 6) is 0. The molecule has 0 bridgehead atoms. The molecule has 0 aromatic heterocycles. The average Bonchev–Trinajstić information content (AvgIpc) is 3.23. The lowest BCUT2D eigenvalue weighted by Gasteiger charge is -2.25. The van der Waals surface area contributed by atoms with Gasteiger partial charge in [-0.15, -0.1) is 0 Å². The summed E-state index contributed by atoms with van der Waals surface area (Å²) in [5, 5.41) is 7.94. The average molecular weight is 469 g/mol. The molecule has 176 valence electrons. The van der Waals surface area contributed by atoms with Crippen LogP contribution in [0.1, 0.15) is 45.7 Å². The van der Waals surface area contributed by atoms with Gasteiger partial charge in [-0.3, -0.25) is 0 Å². The molecule has 1 aliphatic heterocycles. The molecule has 1 fully saturated rings. The summed E-state index contributed by atoms with van der Waals surface area (Å²) in [6, 6.07) is 29.0. The zero-order valence-electron chi connectivity index (χ0n) is 21.6. The maximum atomic E-state index is 6.34. The quantitative estimate of drug-likeness (QED) is 0.143. The van der Waals surface area contributed by atoms with Crippen LogP contribution in [-0.2, 0) is 14.7 Å². The van der Waals surface area contributed by atoms with Gasteiger partial charge < -0.3 is 9.31 Å². The van der Waals surface area contributed by atoms with Gasteiger partial charge in [-0.2, -0.15) is 0 Å². The van der Waals surface area contributed by atoms with Crippen LogP contribution >= 0.6 is 0 Å². The molecule has 0 N–H and O–H groups in total. The van der Waals surface area contributed by atoms with Crippen LogP contribution in [0.2, 0.25) is 0 Å². The van der Waals surface area contributed by atoms with E-state index in [0.717, 1.165) is 5.46 Å². The summed E-state index contributed by atoms with van der Waals surface area (Å²) in [5.41, 5.74) is 5.17. The van der Waals surface area contributed by atoms with Crippen LogP contribution in [0.3, 0.4) is 0 Å². The molecule has 1 aliphatic carbocycles. The van der Waals surface area contributed by atoms with Crippen molar-refractivity contribution >= 4 is 44.9 Å². The van der Waals surface area contributed by atoms with Gasteiger partial charge in [0, 0.05) is 12.3 Å². The van der Waals surface area contributed by atoms with Gasteiger partial charge >= 0.3 is 7.12 Å². The van der Waals surface area contributed by atoms with E-state index in [2.05, 4.69) is 99.6 Å². The van der Waals surface area contributed by atoms with Crippen LogP contribution in [0.5, 0.6) is 0 Å². The van der Waals surface area contributed by atoms with Crippen LogP contribution in [-0.4, -0.2) is 18.3 Å². The van der Waals surface area contributed by atoms with Crippen molar-refractivity contribution < 1.29 is 9.31 Å². The Bertz CT molecular complexity index is 1680. The summed E-state index contributed by atoms with van der Waals surface area (Å²) in [7, 11) is -0.426. The Labute approximate surface area is 213 Å². The molecule has 0 spiro atoms. The first-order valence-electron chi connectivity index (χ1n) is 12.8. The second kappa shape index (κ2) is 6.94. The summed E-state index contributed by atoms with van der Waals surface area (Å²) in [6.07, 6.45) is 0. The van der Waals surface area contributed by atoms with Crippen molar-refractivity contribution in [1.29, 1.82) is 0 Å².